The van der Waals surface area contributed by atoms with E-state index in [1.807, 2.05) is 6.92 Å². The van der Waals surface area contributed by atoms with Crippen LogP contribution in [0.25, 0.3) is 0 Å². The molecule has 2 aromatic rings. The van der Waals surface area contributed by atoms with Crippen molar-refractivity contribution < 1.29 is 24.5 Å². The average molecular weight is 289 g/mol. The molecule has 0 aliphatic rings. The predicted octanol–water partition coefficient (Wildman–Crippen LogP) is 2.85. The number of benzene rings is 1. The lowest BCUT2D eigenvalue weighted by Gasteiger charge is -2.10. The number of aromatic hydroxyl groups is 2. The van der Waals surface area contributed by atoms with Gasteiger partial charge in [0.05, 0.1) is 12.2 Å². The molecule has 0 atom stereocenters. The van der Waals surface area contributed by atoms with Gasteiger partial charge in [-0.2, -0.15) is 0 Å². The van der Waals surface area contributed by atoms with Crippen molar-refractivity contribution in [2.45, 2.75) is 13.3 Å². The third-order valence-corrected chi connectivity index (χ3v) is 2.58. The number of carbonyl (C=O) groups excluding carboxylic acids is 1. The van der Waals surface area contributed by atoms with Gasteiger partial charge in [0.1, 0.15) is 0 Å². The van der Waals surface area contributed by atoms with Crippen LogP contribution in [0, 0.1) is 0 Å². The molecule has 0 saturated carbocycles. The number of aromatic nitrogens is 1. The Labute approximate surface area is 121 Å². The highest BCUT2D eigenvalue weighted by Gasteiger charge is 2.16. The van der Waals surface area contributed by atoms with Gasteiger partial charge in [-0.15, -0.1) is 0 Å². The van der Waals surface area contributed by atoms with Gasteiger partial charge in [-0.25, -0.2) is 9.78 Å². The molecule has 110 valence electrons. The molecule has 1 aromatic heterocycles. The molecule has 0 radical (unpaired) electrons. The van der Waals surface area contributed by atoms with Crippen LogP contribution in [0.5, 0.6) is 23.1 Å². The molecule has 0 spiro atoms. The Morgan fingerprint density at radius 1 is 1.29 bits per heavy atom. The normalized spacial score (nSPS) is 10.1. The molecule has 0 bridgehead atoms. The van der Waals surface area contributed by atoms with Gasteiger partial charge in [0.2, 0.25) is 11.6 Å². The van der Waals surface area contributed by atoms with Crippen molar-refractivity contribution in [1.29, 1.82) is 0 Å². The number of esters is 1. The number of nitrogens with zero attached hydrogens (tertiary/aromatic N) is 1. The van der Waals surface area contributed by atoms with Crippen molar-refractivity contribution in [3.63, 3.8) is 0 Å². The second-order valence-electron chi connectivity index (χ2n) is 4.25. The largest absolute Gasteiger partial charge is 0.504 e. The number of phenolic OH excluding ortho intramolecular Hbond substituents is 2. The third-order valence-electron chi connectivity index (χ3n) is 2.58. The van der Waals surface area contributed by atoms with Gasteiger partial charge < -0.3 is 19.7 Å². The minimum absolute atomic E-state index is 0.0721. The smallest absolute Gasteiger partial charge is 0.338 e. The van der Waals surface area contributed by atoms with Gasteiger partial charge in [-0.1, -0.05) is 13.0 Å². The van der Waals surface area contributed by atoms with E-state index < -0.39 is 17.5 Å². The Kier molecular flexibility index (Phi) is 4.61. The lowest BCUT2D eigenvalue weighted by atomic mass is 10.2. The number of phenols is 2. The second-order valence-corrected chi connectivity index (χ2v) is 4.25. The number of hydrogen-bond acceptors (Lipinski definition) is 6. The van der Waals surface area contributed by atoms with Crippen molar-refractivity contribution in [2.75, 3.05) is 6.61 Å². The van der Waals surface area contributed by atoms with Crippen molar-refractivity contribution in [2.24, 2.45) is 0 Å². The van der Waals surface area contributed by atoms with Gasteiger partial charge in [0.25, 0.3) is 0 Å². The van der Waals surface area contributed by atoms with E-state index >= 15 is 0 Å². The molecule has 0 aliphatic heterocycles. The van der Waals surface area contributed by atoms with Crippen molar-refractivity contribution >= 4 is 5.97 Å². The molecule has 6 heteroatoms. The summed E-state index contributed by atoms with van der Waals surface area (Å²) < 4.78 is 10.3. The average Bonchev–Trinajstić information content (AvgIpc) is 2.50. The Morgan fingerprint density at radius 2 is 2.10 bits per heavy atom. The lowest BCUT2D eigenvalue weighted by Crippen LogP contribution is -2.06. The lowest BCUT2D eigenvalue weighted by molar-refractivity contribution is 0.0504. The Morgan fingerprint density at radius 3 is 2.76 bits per heavy atom. The van der Waals surface area contributed by atoms with Crippen molar-refractivity contribution in [3.05, 3.63) is 42.1 Å². The van der Waals surface area contributed by atoms with Gasteiger partial charge in [-0.3, -0.25) is 0 Å². The first-order valence-electron chi connectivity index (χ1n) is 6.43. The van der Waals surface area contributed by atoms with Crippen LogP contribution in [0.15, 0.2) is 36.5 Å². The molecule has 0 amide bonds. The van der Waals surface area contributed by atoms with Crippen LogP contribution in [0.1, 0.15) is 23.7 Å². The van der Waals surface area contributed by atoms with Crippen LogP contribution in [-0.2, 0) is 4.74 Å². The maximum Gasteiger partial charge on any atom is 0.338 e. The quantitative estimate of drug-likeness (QED) is 0.650. The molecule has 2 rings (SSSR count). The molecular formula is C15H15NO5. The minimum atomic E-state index is -0.599. The summed E-state index contributed by atoms with van der Waals surface area (Å²) in [7, 11) is 0. The molecule has 1 heterocycles. The highest BCUT2D eigenvalue weighted by atomic mass is 16.5. The maximum atomic E-state index is 11.8. The molecule has 2 N–H and O–H groups in total. The van der Waals surface area contributed by atoms with Crippen LogP contribution in [-0.4, -0.2) is 27.8 Å². The summed E-state index contributed by atoms with van der Waals surface area (Å²) in [5.74, 6) is -1.37. The van der Waals surface area contributed by atoms with Crippen LogP contribution in [0.4, 0.5) is 0 Å². The van der Waals surface area contributed by atoms with Crippen molar-refractivity contribution in [3.8, 4) is 23.1 Å². The highest BCUT2D eigenvalue weighted by molar-refractivity contribution is 5.91. The molecule has 6 nitrogen and oxygen atoms in total. The van der Waals surface area contributed by atoms with Gasteiger partial charge in [-0.05, 0) is 24.6 Å². The zero-order chi connectivity index (χ0) is 15.2. The summed E-state index contributed by atoms with van der Waals surface area (Å²) >= 11 is 0. The highest BCUT2D eigenvalue weighted by Crippen LogP contribution is 2.38. The zero-order valence-electron chi connectivity index (χ0n) is 11.4. The first kappa shape index (κ1) is 14.6. The van der Waals surface area contributed by atoms with Gasteiger partial charge in [0, 0.05) is 12.3 Å². The Bertz CT molecular complexity index is 627. The van der Waals surface area contributed by atoms with E-state index in [4.69, 9.17) is 9.47 Å². The fraction of sp³-hybridized carbons (Fsp3) is 0.200. The number of rotatable bonds is 5. The maximum absolute atomic E-state index is 11.8. The van der Waals surface area contributed by atoms with E-state index in [1.54, 1.807) is 18.2 Å². The number of ether oxygens (including phenoxy) is 2. The third kappa shape index (κ3) is 3.62. The van der Waals surface area contributed by atoms with Gasteiger partial charge in [0.15, 0.2) is 11.5 Å². The molecule has 0 fully saturated rings. The first-order chi connectivity index (χ1) is 10.1. The molecular weight excluding hydrogens is 274 g/mol. The number of pyridine rings is 1. The van der Waals surface area contributed by atoms with E-state index in [2.05, 4.69) is 4.98 Å². The fourth-order valence-corrected chi connectivity index (χ4v) is 1.59. The summed E-state index contributed by atoms with van der Waals surface area (Å²) in [5, 5.41) is 19.5. The molecule has 0 aliphatic carbocycles. The predicted molar refractivity (Wildman–Crippen MR) is 74.7 cm³/mol. The van der Waals surface area contributed by atoms with E-state index in [9.17, 15) is 15.0 Å². The van der Waals surface area contributed by atoms with Gasteiger partial charge >= 0.3 is 5.97 Å². The van der Waals surface area contributed by atoms with E-state index in [0.29, 0.717) is 6.42 Å². The summed E-state index contributed by atoms with van der Waals surface area (Å²) in [6.07, 6.45) is 2.21. The SMILES string of the molecule is CCCOC(=O)c1cc(O)c(O)c(Oc2ccccn2)c1. The first-order valence-corrected chi connectivity index (χ1v) is 6.43. The number of carbonyl (C=O) groups is 1. The Balaban J connectivity index is 2.28. The number of hydrogen-bond donors (Lipinski definition) is 2. The van der Waals surface area contributed by atoms with E-state index in [0.717, 1.165) is 6.07 Å². The van der Waals surface area contributed by atoms with Crippen LogP contribution >= 0.6 is 0 Å². The topological polar surface area (TPSA) is 88.9 Å². The molecule has 0 saturated heterocycles. The molecule has 21 heavy (non-hydrogen) atoms. The fourth-order valence-electron chi connectivity index (χ4n) is 1.59. The molecule has 0 unspecified atom stereocenters. The zero-order valence-corrected chi connectivity index (χ0v) is 11.4. The molecule has 1 aromatic carbocycles. The van der Waals surface area contributed by atoms with Crippen LogP contribution in [0.3, 0.4) is 0 Å². The van der Waals surface area contributed by atoms with E-state index in [-0.39, 0.29) is 23.8 Å². The Hall–Kier alpha value is -2.76. The monoisotopic (exact) mass is 289 g/mol. The summed E-state index contributed by atoms with van der Waals surface area (Å²) in [5.41, 5.74) is 0.0877. The van der Waals surface area contributed by atoms with E-state index in [1.165, 1.54) is 12.3 Å². The minimum Gasteiger partial charge on any atom is -0.504 e. The summed E-state index contributed by atoms with van der Waals surface area (Å²) in [6.45, 7) is 2.15. The summed E-state index contributed by atoms with van der Waals surface area (Å²) in [4.78, 5) is 15.7. The van der Waals surface area contributed by atoms with Crippen LogP contribution in [0.2, 0.25) is 0 Å². The van der Waals surface area contributed by atoms with Crippen molar-refractivity contribution in [1.82, 2.24) is 4.98 Å². The van der Waals surface area contributed by atoms with Crippen LogP contribution < -0.4 is 4.74 Å². The summed E-state index contributed by atoms with van der Waals surface area (Å²) in [6, 6.07) is 7.42. The second kappa shape index (κ2) is 6.60. The standard InChI is InChI=1S/C15H15NO5/c1-2-7-20-15(19)10-8-11(17)14(18)12(9-10)21-13-5-3-4-6-16-13/h3-6,8-9,17-18H,2,7H2,1H3.